The van der Waals surface area contributed by atoms with E-state index in [1.807, 2.05) is 31.2 Å². The molecule has 1 aromatic rings. The maximum absolute atomic E-state index is 9.14. The van der Waals surface area contributed by atoms with Crippen LogP contribution in [0, 0.1) is 0 Å². The molecule has 2 unspecified atom stereocenters. The molecule has 2 atom stereocenters. The van der Waals surface area contributed by atoms with Crippen molar-refractivity contribution in [3.05, 3.63) is 29.8 Å². The number of ether oxygens (including phenoxy) is 1. The molecule has 1 aromatic carbocycles. The molecule has 0 fully saturated rings. The molecule has 0 aliphatic heterocycles. The standard InChI is InChI=1S/C14H23NO2/c1-10(15)13(9-16)17-12-7-5-11(6-8-12)14(2,3)4/h5-8,10,13,16H,9,15H2,1-4H3. The molecule has 96 valence electrons. The number of aliphatic hydroxyl groups is 1. The summed E-state index contributed by atoms with van der Waals surface area (Å²) in [6, 6.07) is 7.75. The van der Waals surface area contributed by atoms with Crippen molar-refractivity contribution in [2.75, 3.05) is 6.61 Å². The monoisotopic (exact) mass is 237 g/mol. The van der Waals surface area contributed by atoms with E-state index in [1.165, 1.54) is 5.56 Å². The lowest BCUT2D eigenvalue weighted by molar-refractivity contribution is 0.0990. The Kier molecular flexibility index (Phi) is 4.54. The van der Waals surface area contributed by atoms with Gasteiger partial charge in [0.2, 0.25) is 0 Å². The van der Waals surface area contributed by atoms with Gasteiger partial charge in [0.15, 0.2) is 0 Å². The largest absolute Gasteiger partial charge is 0.486 e. The highest BCUT2D eigenvalue weighted by atomic mass is 16.5. The summed E-state index contributed by atoms with van der Waals surface area (Å²) in [6.07, 6.45) is -0.351. The summed E-state index contributed by atoms with van der Waals surface area (Å²) >= 11 is 0. The number of hydrogen-bond acceptors (Lipinski definition) is 3. The van der Waals surface area contributed by atoms with Crippen molar-refractivity contribution in [1.29, 1.82) is 0 Å². The van der Waals surface area contributed by atoms with Gasteiger partial charge in [-0.05, 0) is 30.0 Å². The second kappa shape index (κ2) is 5.52. The molecular weight excluding hydrogens is 214 g/mol. The molecule has 0 heterocycles. The average Bonchev–Trinajstić information content (AvgIpc) is 2.25. The van der Waals surface area contributed by atoms with Crippen LogP contribution in [0.15, 0.2) is 24.3 Å². The molecule has 0 spiro atoms. The van der Waals surface area contributed by atoms with E-state index in [4.69, 9.17) is 15.6 Å². The lowest BCUT2D eigenvalue weighted by atomic mass is 9.87. The van der Waals surface area contributed by atoms with Crippen molar-refractivity contribution in [3.8, 4) is 5.75 Å². The van der Waals surface area contributed by atoms with Crippen molar-refractivity contribution >= 4 is 0 Å². The van der Waals surface area contributed by atoms with E-state index in [1.54, 1.807) is 0 Å². The molecule has 0 aromatic heterocycles. The predicted molar refractivity (Wildman–Crippen MR) is 70.3 cm³/mol. The van der Waals surface area contributed by atoms with Crippen molar-refractivity contribution in [2.24, 2.45) is 5.73 Å². The first-order valence-electron chi connectivity index (χ1n) is 5.98. The van der Waals surface area contributed by atoms with Crippen LogP contribution in [0.25, 0.3) is 0 Å². The van der Waals surface area contributed by atoms with Crippen molar-refractivity contribution in [3.63, 3.8) is 0 Å². The van der Waals surface area contributed by atoms with Gasteiger partial charge >= 0.3 is 0 Å². The summed E-state index contributed by atoms with van der Waals surface area (Å²) < 4.78 is 5.62. The summed E-state index contributed by atoms with van der Waals surface area (Å²) in [5.74, 6) is 0.745. The van der Waals surface area contributed by atoms with Crippen molar-refractivity contribution in [2.45, 2.75) is 45.3 Å². The van der Waals surface area contributed by atoms with E-state index in [-0.39, 0.29) is 24.2 Å². The van der Waals surface area contributed by atoms with Crippen LogP contribution in [0.2, 0.25) is 0 Å². The van der Waals surface area contributed by atoms with Crippen LogP contribution >= 0.6 is 0 Å². The van der Waals surface area contributed by atoms with Gasteiger partial charge in [-0.3, -0.25) is 0 Å². The third kappa shape index (κ3) is 4.02. The van der Waals surface area contributed by atoms with Crippen molar-refractivity contribution < 1.29 is 9.84 Å². The van der Waals surface area contributed by atoms with Gasteiger partial charge < -0.3 is 15.6 Å². The molecule has 0 aliphatic rings. The van der Waals surface area contributed by atoms with Crippen LogP contribution in [0.3, 0.4) is 0 Å². The quantitative estimate of drug-likeness (QED) is 0.843. The first kappa shape index (κ1) is 14.0. The molecule has 0 radical (unpaired) electrons. The van der Waals surface area contributed by atoms with Gasteiger partial charge in [-0.2, -0.15) is 0 Å². The summed E-state index contributed by atoms with van der Waals surface area (Å²) in [4.78, 5) is 0. The second-order valence-electron chi connectivity index (χ2n) is 5.47. The third-order valence-corrected chi connectivity index (χ3v) is 2.77. The van der Waals surface area contributed by atoms with Crippen LogP contribution in [-0.4, -0.2) is 23.9 Å². The van der Waals surface area contributed by atoms with E-state index >= 15 is 0 Å². The van der Waals surface area contributed by atoms with E-state index in [2.05, 4.69) is 20.8 Å². The average molecular weight is 237 g/mol. The molecule has 0 saturated carbocycles. The first-order valence-corrected chi connectivity index (χ1v) is 5.98. The molecular formula is C14H23NO2. The van der Waals surface area contributed by atoms with Gasteiger partial charge in [0.05, 0.1) is 6.61 Å². The molecule has 3 N–H and O–H groups in total. The summed E-state index contributed by atoms with van der Waals surface area (Å²) in [7, 11) is 0. The van der Waals surface area contributed by atoms with Crippen LogP contribution in [0.1, 0.15) is 33.3 Å². The fraction of sp³-hybridized carbons (Fsp3) is 0.571. The molecule has 1 rings (SSSR count). The first-order chi connectivity index (χ1) is 7.84. The van der Waals surface area contributed by atoms with Crippen molar-refractivity contribution in [1.82, 2.24) is 0 Å². The molecule has 0 aliphatic carbocycles. The Morgan fingerprint density at radius 1 is 1.24 bits per heavy atom. The van der Waals surface area contributed by atoms with Gasteiger partial charge in [-0.25, -0.2) is 0 Å². The van der Waals surface area contributed by atoms with E-state index in [0.29, 0.717) is 0 Å². The minimum atomic E-state index is -0.351. The number of aliphatic hydroxyl groups excluding tert-OH is 1. The Bertz CT molecular complexity index is 338. The number of rotatable bonds is 4. The third-order valence-electron chi connectivity index (χ3n) is 2.77. The highest BCUT2D eigenvalue weighted by Gasteiger charge is 2.16. The van der Waals surface area contributed by atoms with Gasteiger partial charge in [0.25, 0.3) is 0 Å². The van der Waals surface area contributed by atoms with Gasteiger partial charge in [-0.15, -0.1) is 0 Å². The highest BCUT2D eigenvalue weighted by molar-refractivity contribution is 5.31. The van der Waals surface area contributed by atoms with Gasteiger partial charge in [0.1, 0.15) is 11.9 Å². The summed E-state index contributed by atoms with van der Waals surface area (Å²) in [5, 5.41) is 9.14. The van der Waals surface area contributed by atoms with Crippen LogP contribution in [-0.2, 0) is 5.41 Å². The Labute approximate surface area is 104 Å². The summed E-state index contributed by atoms with van der Waals surface area (Å²) in [6.45, 7) is 8.26. The van der Waals surface area contributed by atoms with Crippen LogP contribution in [0.5, 0.6) is 5.75 Å². The molecule has 17 heavy (non-hydrogen) atoms. The summed E-state index contributed by atoms with van der Waals surface area (Å²) in [5.41, 5.74) is 7.10. The van der Waals surface area contributed by atoms with E-state index < -0.39 is 0 Å². The van der Waals surface area contributed by atoms with E-state index in [0.717, 1.165) is 5.75 Å². The van der Waals surface area contributed by atoms with Crippen LogP contribution in [0.4, 0.5) is 0 Å². The fourth-order valence-electron chi connectivity index (χ4n) is 1.52. The molecule has 0 bridgehead atoms. The molecule has 3 heteroatoms. The Balaban J connectivity index is 2.75. The topological polar surface area (TPSA) is 55.5 Å². The Morgan fingerprint density at radius 3 is 2.12 bits per heavy atom. The molecule has 0 saturated heterocycles. The number of benzene rings is 1. The van der Waals surface area contributed by atoms with Gasteiger partial charge in [-0.1, -0.05) is 32.9 Å². The predicted octanol–water partition coefficient (Wildman–Crippen LogP) is 2.07. The van der Waals surface area contributed by atoms with Gasteiger partial charge in [0, 0.05) is 6.04 Å². The number of hydrogen-bond donors (Lipinski definition) is 2. The highest BCUT2D eigenvalue weighted by Crippen LogP contribution is 2.24. The lowest BCUT2D eigenvalue weighted by Crippen LogP contribution is -2.39. The maximum atomic E-state index is 9.14. The fourth-order valence-corrected chi connectivity index (χ4v) is 1.52. The second-order valence-corrected chi connectivity index (χ2v) is 5.47. The normalized spacial score (nSPS) is 15.4. The minimum Gasteiger partial charge on any atom is -0.486 e. The minimum absolute atomic E-state index is 0.0707. The number of nitrogens with two attached hydrogens (primary N) is 1. The van der Waals surface area contributed by atoms with E-state index in [9.17, 15) is 0 Å². The Morgan fingerprint density at radius 2 is 1.76 bits per heavy atom. The maximum Gasteiger partial charge on any atom is 0.136 e. The smallest absolute Gasteiger partial charge is 0.136 e. The zero-order valence-corrected chi connectivity index (χ0v) is 11.1. The molecule has 3 nitrogen and oxygen atoms in total. The lowest BCUT2D eigenvalue weighted by Gasteiger charge is -2.22. The SMILES string of the molecule is CC(N)C(CO)Oc1ccc(C(C)(C)C)cc1. The Hall–Kier alpha value is -1.06. The zero-order valence-electron chi connectivity index (χ0n) is 11.1. The van der Waals surface area contributed by atoms with Crippen LogP contribution < -0.4 is 10.5 Å². The molecule has 0 amide bonds. The zero-order chi connectivity index (χ0) is 13.1.